The van der Waals surface area contributed by atoms with Crippen molar-refractivity contribution in [3.05, 3.63) is 77.4 Å². The highest BCUT2D eigenvalue weighted by Crippen LogP contribution is 2.30. The first-order valence-corrected chi connectivity index (χ1v) is 8.60. The topological polar surface area (TPSA) is 81.2 Å². The molecule has 1 aromatic heterocycles. The molecule has 0 radical (unpaired) electrons. The number of primary amides is 1. The smallest absolute Gasteiger partial charge is 0.278 e. The van der Waals surface area contributed by atoms with Crippen LogP contribution in [0.4, 0.5) is 10.1 Å². The molecule has 0 spiro atoms. The monoisotopic (exact) mass is 364 g/mol. The number of anilines is 1. The molecule has 2 aromatic carbocycles. The Morgan fingerprint density at radius 3 is 2.59 bits per heavy atom. The van der Waals surface area contributed by atoms with Crippen molar-refractivity contribution in [2.75, 3.05) is 11.4 Å². The summed E-state index contributed by atoms with van der Waals surface area (Å²) in [5, 5.41) is 4.24. The van der Waals surface area contributed by atoms with Gasteiger partial charge in [-0.15, -0.1) is 0 Å². The fourth-order valence-electron chi connectivity index (χ4n) is 3.41. The van der Waals surface area contributed by atoms with Crippen LogP contribution in [0.25, 0.3) is 5.69 Å². The van der Waals surface area contributed by atoms with Crippen LogP contribution >= 0.6 is 0 Å². The Hall–Kier alpha value is -3.48. The zero-order valence-corrected chi connectivity index (χ0v) is 14.4. The molecule has 3 aromatic rings. The van der Waals surface area contributed by atoms with E-state index in [0.29, 0.717) is 24.2 Å². The SMILES string of the molecule is NC(=O)c1cccc2c1CCCN2C(=O)c1ccn(-c2ccccc2F)n1. The summed E-state index contributed by atoms with van der Waals surface area (Å²) < 4.78 is 15.3. The zero-order chi connectivity index (χ0) is 19.0. The average molecular weight is 364 g/mol. The highest BCUT2D eigenvalue weighted by atomic mass is 19.1. The van der Waals surface area contributed by atoms with Crippen molar-refractivity contribution in [1.29, 1.82) is 0 Å². The molecule has 0 atom stereocenters. The first kappa shape index (κ1) is 17.0. The molecule has 0 unspecified atom stereocenters. The number of hydrogen-bond acceptors (Lipinski definition) is 3. The molecule has 4 rings (SSSR count). The van der Waals surface area contributed by atoms with Crippen molar-refractivity contribution >= 4 is 17.5 Å². The lowest BCUT2D eigenvalue weighted by atomic mass is 9.95. The number of para-hydroxylation sites is 1. The molecular formula is C20H17FN4O2. The van der Waals surface area contributed by atoms with Crippen LogP contribution < -0.4 is 10.6 Å². The third-order valence-electron chi connectivity index (χ3n) is 4.67. The van der Waals surface area contributed by atoms with E-state index < -0.39 is 11.7 Å². The molecule has 27 heavy (non-hydrogen) atoms. The van der Waals surface area contributed by atoms with Crippen LogP contribution in [-0.4, -0.2) is 28.1 Å². The number of hydrogen-bond donors (Lipinski definition) is 1. The second kappa shape index (κ2) is 6.68. The van der Waals surface area contributed by atoms with E-state index in [1.807, 2.05) is 0 Å². The Kier molecular flexibility index (Phi) is 4.19. The summed E-state index contributed by atoms with van der Waals surface area (Å²) in [7, 11) is 0. The van der Waals surface area contributed by atoms with Crippen LogP contribution in [0.5, 0.6) is 0 Å². The van der Waals surface area contributed by atoms with E-state index >= 15 is 0 Å². The number of fused-ring (bicyclic) bond motifs is 1. The molecule has 1 aliphatic heterocycles. The van der Waals surface area contributed by atoms with Gasteiger partial charge in [-0.3, -0.25) is 9.59 Å². The van der Waals surface area contributed by atoms with E-state index in [9.17, 15) is 14.0 Å². The number of amides is 2. The molecule has 6 nitrogen and oxygen atoms in total. The van der Waals surface area contributed by atoms with E-state index in [1.165, 1.54) is 10.7 Å². The van der Waals surface area contributed by atoms with Crippen LogP contribution in [0.1, 0.15) is 32.8 Å². The van der Waals surface area contributed by atoms with Gasteiger partial charge in [0, 0.05) is 24.0 Å². The Labute approximate surface area is 155 Å². The van der Waals surface area contributed by atoms with Gasteiger partial charge >= 0.3 is 0 Å². The second-order valence-corrected chi connectivity index (χ2v) is 6.32. The van der Waals surface area contributed by atoms with E-state index in [0.717, 1.165) is 12.0 Å². The Morgan fingerprint density at radius 2 is 1.81 bits per heavy atom. The maximum absolute atomic E-state index is 14.0. The van der Waals surface area contributed by atoms with Gasteiger partial charge in [0.2, 0.25) is 5.91 Å². The molecule has 0 saturated carbocycles. The van der Waals surface area contributed by atoms with Gasteiger partial charge in [0.15, 0.2) is 5.69 Å². The van der Waals surface area contributed by atoms with Crippen molar-refractivity contribution in [3.63, 3.8) is 0 Å². The minimum Gasteiger partial charge on any atom is -0.366 e. The average Bonchev–Trinajstić information content (AvgIpc) is 3.16. The predicted molar refractivity (Wildman–Crippen MR) is 98.5 cm³/mol. The number of nitrogens with two attached hydrogens (primary N) is 1. The lowest BCUT2D eigenvalue weighted by Gasteiger charge is -2.30. The van der Waals surface area contributed by atoms with Gasteiger partial charge < -0.3 is 10.6 Å². The highest BCUT2D eigenvalue weighted by molar-refractivity contribution is 6.07. The molecule has 2 N–H and O–H groups in total. The van der Waals surface area contributed by atoms with E-state index in [4.69, 9.17) is 5.73 Å². The number of rotatable bonds is 3. The van der Waals surface area contributed by atoms with E-state index in [2.05, 4.69) is 5.10 Å². The summed E-state index contributed by atoms with van der Waals surface area (Å²) in [6, 6.07) is 13.0. The van der Waals surface area contributed by atoms with Gasteiger partial charge in [-0.1, -0.05) is 18.2 Å². The first-order chi connectivity index (χ1) is 13.1. The molecule has 136 valence electrons. The van der Waals surface area contributed by atoms with Crippen molar-refractivity contribution in [3.8, 4) is 5.69 Å². The Balaban J connectivity index is 1.69. The number of aromatic nitrogens is 2. The van der Waals surface area contributed by atoms with Gasteiger partial charge in [0.05, 0.1) is 0 Å². The molecular weight excluding hydrogens is 347 g/mol. The van der Waals surface area contributed by atoms with Gasteiger partial charge in [-0.05, 0) is 48.7 Å². The first-order valence-electron chi connectivity index (χ1n) is 8.60. The van der Waals surface area contributed by atoms with Crippen LogP contribution in [0.3, 0.4) is 0 Å². The van der Waals surface area contributed by atoms with Gasteiger partial charge in [-0.2, -0.15) is 5.10 Å². The lowest BCUT2D eigenvalue weighted by Crippen LogP contribution is -2.36. The maximum atomic E-state index is 14.0. The summed E-state index contributed by atoms with van der Waals surface area (Å²) in [4.78, 5) is 26.3. The summed E-state index contributed by atoms with van der Waals surface area (Å²) in [6.07, 6.45) is 2.95. The van der Waals surface area contributed by atoms with Crippen LogP contribution in [0, 0.1) is 5.82 Å². The Bertz CT molecular complexity index is 1040. The van der Waals surface area contributed by atoms with Crippen molar-refractivity contribution in [1.82, 2.24) is 9.78 Å². The molecule has 0 fully saturated rings. The lowest BCUT2D eigenvalue weighted by molar-refractivity contribution is 0.0973. The van der Waals surface area contributed by atoms with Gasteiger partial charge in [0.1, 0.15) is 11.5 Å². The van der Waals surface area contributed by atoms with Crippen molar-refractivity contribution in [2.24, 2.45) is 5.73 Å². The van der Waals surface area contributed by atoms with E-state index in [-0.39, 0.29) is 17.3 Å². The standard InChI is InChI=1S/C20H17FN4O2/c21-15-7-1-2-8-18(15)25-12-10-16(23-25)20(27)24-11-4-6-13-14(19(22)26)5-3-9-17(13)24/h1-3,5,7-10,12H,4,6,11H2,(H2,22,26). The van der Waals surface area contributed by atoms with E-state index in [1.54, 1.807) is 53.6 Å². The largest absolute Gasteiger partial charge is 0.366 e. The minimum atomic E-state index is -0.509. The third-order valence-corrected chi connectivity index (χ3v) is 4.67. The van der Waals surface area contributed by atoms with Gasteiger partial charge in [0.25, 0.3) is 5.91 Å². The molecule has 7 heteroatoms. The fraction of sp³-hybridized carbons (Fsp3) is 0.150. The quantitative estimate of drug-likeness (QED) is 0.776. The fourth-order valence-corrected chi connectivity index (χ4v) is 3.41. The predicted octanol–water partition coefficient (Wildman–Crippen LogP) is 2.70. The molecule has 2 heterocycles. The zero-order valence-electron chi connectivity index (χ0n) is 14.4. The maximum Gasteiger partial charge on any atom is 0.278 e. The number of halogens is 1. The molecule has 1 aliphatic rings. The normalized spacial score (nSPS) is 13.3. The molecule has 0 bridgehead atoms. The number of benzene rings is 2. The van der Waals surface area contributed by atoms with Crippen LogP contribution in [-0.2, 0) is 6.42 Å². The second-order valence-electron chi connectivity index (χ2n) is 6.32. The minimum absolute atomic E-state index is 0.204. The number of nitrogens with zero attached hydrogens (tertiary/aromatic N) is 3. The summed E-state index contributed by atoms with van der Waals surface area (Å²) >= 11 is 0. The van der Waals surface area contributed by atoms with Crippen molar-refractivity contribution < 1.29 is 14.0 Å². The summed E-state index contributed by atoms with van der Waals surface area (Å²) in [5.41, 5.74) is 7.81. The Morgan fingerprint density at radius 1 is 1.04 bits per heavy atom. The van der Waals surface area contributed by atoms with Gasteiger partial charge in [-0.25, -0.2) is 9.07 Å². The summed E-state index contributed by atoms with van der Waals surface area (Å²) in [5.74, 6) is -1.23. The molecule has 2 amide bonds. The van der Waals surface area contributed by atoms with Crippen molar-refractivity contribution in [2.45, 2.75) is 12.8 Å². The highest BCUT2D eigenvalue weighted by Gasteiger charge is 2.27. The number of carbonyl (C=O) groups excluding carboxylic acids is 2. The molecule has 0 saturated heterocycles. The van der Waals surface area contributed by atoms with Crippen LogP contribution in [0.15, 0.2) is 54.7 Å². The summed E-state index contributed by atoms with van der Waals surface area (Å²) in [6.45, 7) is 0.514. The third kappa shape index (κ3) is 2.97. The van der Waals surface area contributed by atoms with Crippen LogP contribution in [0.2, 0.25) is 0 Å². The molecule has 0 aliphatic carbocycles. The number of carbonyl (C=O) groups is 2.